The molecule has 0 saturated carbocycles. The molecule has 1 unspecified atom stereocenters. The summed E-state index contributed by atoms with van der Waals surface area (Å²) in [4.78, 5) is 27.6. The average molecular weight is 498 g/mol. The van der Waals surface area contributed by atoms with Crippen LogP contribution in [0.4, 0.5) is 15.8 Å². The molecule has 0 spiro atoms. The maximum atomic E-state index is 13.3. The topological polar surface area (TPSA) is 95.6 Å². The number of hydrogen-bond acceptors (Lipinski definition) is 5. The van der Waals surface area contributed by atoms with Crippen LogP contribution in [0.5, 0.6) is 0 Å². The van der Waals surface area contributed by atoms with Gasteiger partial charge in [-0.2, -0.15) is 0 Å². The van der Waals surface area contributed by atoms with Gasteiger partial charge in [0.1, 0.15) is 5.82 Å². The molecular weight excluding hydrogens is 477 g/mol. The van der Waals surface area contributed by atoms with E-state index in [1.54, 1.807) is 11.0 Å². The predicted octanol–water partition coefficient (Wildman–Crippen LogP) is 3.95. The second-order valence-electron chi connectivity index (χ2n) is 7.68. The summed E-state index contributed by atoms with van der Waals surface area (Å²) in [6.07, 6.45) is 2.10. The average Bonchev–Trinajstić information content (AvgIpc) is 3.24. The summed E-state index contributed by atoms with van der Waals surface area (Å²) in [7, 11) is -4.00. The van der Waals surface area contributed by atoms with Gasteiger partial charge in [-0.15, -0.1) is 11.8 Å². The van der Waals surface area contributed by atoms with E-state index >= 15 is 0 Å². The van der Waals surface area contributed by atoms with Crippen LogP contribution >= 0.6 is 23.4 Å². The lowest BCUT2D eigenvalue weighted by Crippen LogP contribution is -2.33. The molecule has 2 N–H and O–H groups in total. The van der Waals surface area contributed by atoms with Crippen molar-refractivity contribution in [1.29, 1.82) is 0 Å². The molecule has 2 aliphatic rings. The Hall–Kier alpha value is -2.30. The first-order chi connectivity index (χ1) is 15.2. The van der Waals surface area contributed by atoms with E-state index in [1.807, 2.05) is 0 Å². The SMILES string of the molecule is O=C1Nc2cc(S(=O)(=O)Nc3ccc(F)c(Cl)c3)ccc2SCC1CC(=O)N1CCCC1. The monoisotopic (exact) mass is 497 g/mol. The standard InChI is InChI=1S/C21H21ClFN3O4S2/c22-16-10-14(3-5-17(16)23)25-32(29,30)15-4-6-19-18(11-15)24-21(28)13(12-31-19)9-20(27)26-7-1-2-8-26/h3-6,10-11,13,25H,1-2,7-9,12H2,(H,24,28). The second-order valence-corrected chi connectivity index (χ2v) is 10.8. The summed E-state index contributed by atoms with van der Waals surface area (Å²) in [5.41, 5.74) is 0.487. The molecule has 32 heavy (non-hydrogen) atoms. The molecule has 2 aromatic rings. The summed E-state index contributed by atoms with van der Waals surface area (Å²) in [5, 5.41) is 2.56. The van der Waals surface area contributed by atoms with Crippen molar-refractivity contribution >= 4 is 56.6 Å². The minimum Gasteiger partial charge on any atom is -0.343 e. The minimum atomic E-state index is -4.00. The number of sulfonamides is 1. The molecule has 0 bridgehead atoms. The van der Waals surface area contributed by atoms with Crippen molar-refractivity contribution < 1.29 is 22.4 Å². The van der Waals surface area contributed by atoms with E-state index in [0.29, 0.717) is 11.4 Å². The number of thioether (sulfide) groups is 1. The van der Waals surface area contributed by atoms with Crippen molar-refractivity contribution in [1.82, 2.24) is 4.90 Å². The fourth-order valence-corrected chi connectivity index (χ4v) is 5.97. The number of anilines is 2. The lowest BCUT2D eigenvalue weighted by Gasteiger charge is -2.18. The van der Waals surface area contributed by atoms with Crippen LogP contribution < -0.4 is 10.0 Å². The van der Waals surface area contributed by atoms with Crippen LogP contribution in [0.25, 0.3) is 0 Å². The minimum absolute atomic E-state index is 0.0281. The number of likely N-dealkylation sites (tertiary alicyclic amines) is 1. The van der Waals surface area contributed by atoms with Crippen LogP contribution in [0.15, 0.2) is 46.2 Å². The zero-order valence-electron chi connectivity index (χ0n) is 16.9. The molecule has 7 nitrogen and oxygen atoms in total. The van der Waals surface area contributed by atoms with Crippen LogP contribution in [0, 0.1) is 11.7 Å². The van der Waals surface area contributed by atoms with Gasteiger partial charge >= 0.3 is 0 Å². The summed E-state index contributed by atoms with van der Waals surface area (Å²) < 4.78 is 41.3. The van der Waals surface area contributed by atoms with E-state index in [2.05, 4.69) is 10.0 Å². The Balaban J connectivity index is 1.50. The van der Waals surface area contributed by atoms with Crippen molar-refractivity contribution in [3.63, 3.8) is 0 Å². The molecule has 1 atom stereocenters. The van der Waals surface area contributed by atoms with Crippen molar-refractivity contribution in [3.05, 3.63) is 47.2 Å². The van der Waals surface area contributed by atoms with Crippen LogP contribution in [0.2, 0.25) is 5.02 Å². The van der Waals surface area contributed by atoms with Crippen LogP contribution in [-0.2, 0) is 19.6 Å². The third-order valence-electron chi connectivity index (χ3n) is 5.38. The van der Waals surface area contributed by atoms with Crippen LogP contribution in [0.3, 0.4) is 0 Å². The number of fused-ring (bicyclic) bond motifs is 1. The Labute approximate surface area is 194 Å². The molecule has 2 aliphatic heterocycles. The third-order valence-corrected chi connectivity index (χ3v) is 8.29. The summed E-state index contributed by atoms with van der Waals surface area (Å²) in [6.45, 7) is 1.46. The van der Waals surface area contributed by atoms with E-state index in [1.165, 1.54) is 36.0 Å². The first kappa shape index (κ1) is 22.9. The predicted molar refractivity (Wildman–Crippen MR) is 122 cm³/mol. The number of amides is 2. The molecule has 2 aromatic carbocycles. The number of rotatable bonds is 5. The van der Waals surface area contributed by atoms with Crippen molar-refractivity contribution in [3.8, 4) is 0 Å². The van der Waals surface area contributed by atoms with E-state index < -0.39 is 21.8 Å². The molecule has 0 aromatic heterocycles. The molecule has 170 valence electrons. The molecule has 11 heteroatoms. The number of nitrogens with one attached hydrogen (secondary N) is 2. The summed E-state index contributed by atoms with van der Waals surface area (Å²) in [5.74, 6) is -1.06. The van der Waals surface area contributed by atoms with Crippen molar-refractivity contribution in [2.75, 3.05) is 28.9 Å². The van der Waals surface area contributed by atoms with Crippen LogP contribution in [0.1, 0.15) is 19.3 Å². The first-order valence-electron chi connectivity index (χ1n) is 10.1. The zero-order valence-corrected chi connectivity index (χ0v) is 19.3. The highest BCUT2D eigenvalue weighted by Crippen LogP contribution is 2.35. The normalized spacial score (nSPS) is 18.6. The van der Waals surface area contributed by atoms with Gasteiger partial charge in [-0.1, -0.05) is 11.6 Å². The van der Waals surface area contributed by atoms with Crippen LogP contribution in [-0.4, -0.2) is 44.0 Å². The summed E-state index contributed by atoms with van der Waals surface area (Å²) >= 11 is 7.13. The quantitative estimate of drug-likeness (QED) is 0.652. The highest BCUT2D eigenvalue weighted by Gasteiger charge is 2.30. The number of hydrogen-bond donors (Lipinski definition) is 2. The summed E-state index contributed by atoms with van der Waals surface area (Å²) in [6, 6.07) is 7.94. The first-order valence-corrected chi connectivity index (χ1v) is 12.9. The maximum absolute atomic E-state index is 13.3. The second kappa shape index (κ2) is 9.29. The molecule has 2 heterocycles. The fraction of sp³-hybridized carbons (Fsp3) is 0.333. The zero-order chi connectivity index (χ0) is 22.9. The van der Waals surface area contributed by atoms with Crippen molar-refractivity contribution in [2.45, 2.75) is 29.1 Å². The maximum Gasteiger partial charge on any atom is 0.261 e. The van der Waals surface area contributed by atoms with Gasteiger partial charge in [-0.05, 0) is 49.2 Å². The van der Waals surface area contributed by atoms with Gasteiger partial charge in [0.25, 0.3) is 10.0 Å². The van der Waals surface area contributed by atoms with Gasteiger partial charge in [0.2, 0.25) is 11.8 Å². The van der Waals surface area contributed by atoms with Gasteiger partial charge in [0, 0.05) is 30.2 Å². The lowest BCUT2D eigenvalue weighted by atomic mass is 10.1. The highest BCUT2D eigenvalue weighted by atomic mass is 35.5. The molecule has 1 fully saturated rings. The van der Waals surface area contributed by atoms with E-state index in [-0.39, 0.29) is 33.8 Å². The fourth-order valence-electron chi connectivity index (χ4n) is 3.63. The molecule has 1 saturated heterocycles. The highest BCUT2D eigenvalue weighted by molar-refractivity contribution is 7.99. The van der Waals surface area contributed by atoms with Gasteiger partial charge in [-0.3, -0.25) is 14.3 Å². The Kier molecular flexibility index (Phi) is 6.64. The van der Waals surface area contributed by atoms with E-state index in [9.17, 15) is 22.4 Å². The van der Waals surface area contributed by atoms with Gasteiger partial charge in [0.05, 0.1) is 27.2 Å². The van der Waals surface area contributed by atoms with E-state index in [0.717, 1.165) is 36.9 Å². The van der Waals surface area contributed by atoms with Gasteiger partial charge in [0.15, 0.2) is 0 Å². The largest absolute Gasteiger partial charge is 0.343 e. The Morgan fingerprint density at radius 3 is 2.69 bits per heavy atom. The van der Waals surface area contributed by atoms with Gasteiger partial charge < -0.3 is 10.2 Å². The molecule has 2 amide bonds. The van der Waals surface area contributed by atoms with Gasteiger partial charge in [-0.25, -0.2) is 12.8 Å². The van der Waals surface area contributed by atoms with Crippen molar-refractivity contribution in [2.24, 2.45) is 5.92 Å². The van der Waals surface area contributed by atoms with E-state index in [4.69, 9.17) is 11.6 Å². The lowest BCUT2D eigenvalue weighted by molar-refractivity contribution is -0.133. The Morgan fingerprint density at radius 2 is 1.97 bits per heavy atom. The Morgan fingerprint density at radius 1 is 1.22 bits per heavy atom. The Bertz CT molecular complexity index is 1170. The third kappa shape index (κ3) is 5.02. The number of carbonyl (C=O) groups is 2. The number of nitrogens with zero attached hydrogens (tertiary/aromatic N) is 1. The number of carbonyl (C=O) groups excluding carboxylic acids is 2. The molecule has 0 radical (unpaired) electrons. The molecule has 4 rings (SSSR count). The number of benzene rings is 2. The smallest absolute Gasteiger partial charge is 0.261 e. The molecular formula is C21H21ClFN3O4S2. The number of halogens is 2. The molecule has 0 aliphatic carbocycles.